The van der Waals surface area contributed by atoms with Crippen LogP contribution in [0.2, 0.25) is 0 Å². The zero-order chi connectivity index (χ0) is 17.5. The number of carbonyl (C=O) groups excluding carboxylic acids is 1. The van der Waals surface area contributed by atoms with Gasteiger partial charge in [-0.3, -0.25) is 10.0 Å². The molecule has 0 bridgehead atoms. The molecule has 126 valence electrons. The topological polar surface area (TPSA) is 49.3 Å². The van der Waals surface area contributed by atoms with Crippen molar-refractivity contribution in [3.8, 4) is 0 Å². The summed E-state index contributed by atoms with van der Waals surface area (Å²) in [4.78, 5) is 11.0. The Morgan fingerprint density at radius 3 is 2.52 bits per heavy atom. The van der Waals surface area contributed by atoms with E-state index in [0.717, 1.165) is 11.1 Å². The van der Waals surface area contributed by atoms with Gasteiger partial charge in [0.15, 0.2) is 0 Å². The van der Waals surface area contributed by atoms with Crippen LogP contribution in [-0.4, -0.2) is 11.1 Å². The van der Waals surface area contributed by atoms with Crippen LogP contribution in [0.4, 0.5) is 0 Å². The summed E-state index contributed by atoms with van der Waals surface area (Å²) in [6, 6.07) is 0. The minimum absolute atomic E-state index is 0.256. The molecule has 1 aliphatic carbocycles. The van der Waals surface area contributed by atoms with Crippen molar-refractivity contribution in [1.29, 1.82) is 0 Å². The van der Waals surface area contributed by atoms with Gasteiger partial charge in [-0.25, -0.2) is 5.48 Å². The average Bonchev–Trinajstić information content (AvgIpc) is 2.45. The lowest BCUT2D eigenvalue weighted by Crippen LogP contribution is -2.19. The van der Waals surface area contributed by atoms with E-state index in [2.05, 4.69) is 39.8 Å². The van der Waals surface area contributed by atoms with Crippen molar-refractivity contribution in [3.63, 3.8) is 0 Å². The molecule has 0 radical (unpaired) electrons. The molecule has 1 aliphatic rings. The Hall–Kier alpha value is -1.87. The van der Waals surface area contributed by atoms with Gasteiger partial charge in [0.2, 0.25) is 0 Å². The van der Waals surface area contributed by atoms with Gasteiger partial charge < -0.3 is 0 Å². The quantitative estimate of drug-likeness (QED) is 0.324. The number of carbonyl (C=O) groups is 1. The lowest BCUT2D eigenvalue weighted by molar-refractivity contribution is -0.124. The third kappa shape index (κ3) is 6.41. The number of allylic oxidation sites excluding steroid dienone is 9. The predicted octanol–water partition coefficient (Wildman–Crippen LogP) is 5.02. The molecule has 23 heavy (non-hydrogen) atoms. The van der Waals surface area contributed by atoms with Gasteiger partial charge in [0.05, 0.1) is 0 Å². The van der Waals surface area contributed by atoms with Crippen molar-refractivity contribution in [1.82, 2.24) is 5.48 Å². The Balaban J connectivity index is 2.77. The van der Waals surface area contributed by atoms with Crippen molar-refractivity contribution in [2.45, 2.75) is 53.9 Å². The fraction of sp³-hybridized carbons (Fsp3) is 0.450. The first-order chi connectivity index (χ1) is 10.8. The van der Waals surface area contributed by atoms with Crippen molar-refractivity contribution in [2.24, 2.45) is 5.41 Å². The molecule has 0 aromatic carbocycles. The largest absolute Gasteiger partial charge is 0.288 e. The van der Waals surface area contributed by atoms with E-state index < -0.39 is 5.91 Å². The molecule has 0 saturated carbocycles. The minimum Gasteiger partial charge on any atom is -0.288 e. The Labute approximate surface area is 140 Å². The first-order valence-electron chi connectivity index (χ1n) is 8.12. The summed E-state index contributed by atoms with van der Waals surface area (Å²) in [6.07, 6.45) is 15.2. The highest BCUT2D eigenvalue weighted by Crippen LogP contribution is 2.40. The molecule has 3 heteroatoms. The second-order valence-electron chi connectivity index (χ2n) is 6.90. The zero-order valence-corrected chi connectivity index (χ0v) is 14.9. The third-order valence-electron chi connectivity index (χ3n) is 4.24. The Kier molecular flexibility index (Phi) is 7.24. The van der Waals surface area contributed by atoms with Crippen molar-refractivity contribution in [2.75, 3.05) is 0 Å². The molecule has 0 aromatic rings. The van der Waals surface area contributed by atoms with Crippen LogP contribution >= 0.6 is 0 Å². The predicted molar refractivity (Wildman–Crippen MR) is 96.1 cm³/mol. The summed E-state index contributed by atoms with van der Waals surface area (Å²) < 4.78 is 0. The van der Waals surface area contributed by atoms with E-state index in [1.165, 1.54) is 36.5 Å². The maximum absolute atomic E-state index is 11.0. The molecular weight excluding hydrogens is 286 g/mol. The van der Waals surface area contributed by atoms with Gasteiger partial charge >= 0.3 is 0 Å². The van der Waals surface area contributed by atoms with Crippen LogP contribution < -0.4 is 5.48 Å². The van der Waals surface area contributed by atoms with Gasteiger partial charge in [0.25, 0.3) is 5.91 Å². The second-order valence-corrected chi connectivity index (χ2v) is 6.90. The average molecular weight is 315 g/mol. The molecule has 0 aromatic heterocycles. The molecule has 1 rings (SSSR count). The van der Waals surface area contributed by atoms with Gasteiger partial charge in [-0.2, -0.15) is 0 Å². The summed E-state index contributed by atoms with van der Waals surface area (Å²) in [5, 5.41) is 8.46. The highest BCUT2D eigenvalue weighted by Gasteiger charge is 2.26. The first-order valence-corrected chi connectivity index (χ1v) is 8.12. The highest BCUT2D eigenvalue weighted by molar-refractivity contribution is 5.87. The molecule has 2 N–H and O–H groups in total. The summed E-state index contributed by atoms with van der Waals surface area (Å²) in [5.41, 5.74) is 6.72. The van der Waals surface area contributed by atoms with E-state index in [1.807, 2.05) is 25.2 Å². The van der Waals surface area contributed by atoms with E-state index >= 15 is 0 Å². The van der Waals surface area contributed by atoms with Crippen LogP contribution in [0, 0.1) is 5.41 Å². The molecule has 0 unspecified atom stereocenters. The smallest absolute Gasteiger partial charge is 0.267 e. The summed E-state index contributed by atoms with van der Waals surface area (Å²) in [6.45, 7) is 10.7. The van der Waals surface area contributed by atoms with Gasteiger partial charge in [-0.1, -0.05) is 55.4 Å². The fourth-order valence-corrected chi connectivity index (χ4v) is 2.92. The second kappa shape index (κ2) is 8.68. The Morgan fingerprint density at radius 2 is 1.91 bits per heavy atom. The van der Waals surface area contributed by atoms with Crippen LogP contribution in [0.3, 0.4) is 0 Å². The molecule has 3 nitrogen and oxygen atoms in total. The molecule has 1 amide bonds. The van der Waals surface area contributed by atoms with E-state index in [9.17, 15) is 4.79 Å². The number of nitrogens with one attached hydrogen (secondary N) is 1. The zero-order valence-electron chi connectivity index (χ0n) is 14.9. The number of hydrogen-bond donors (Lipinski definition) is 2. The lowest BCUT2D eigenvalue weighted by Gasteiger charge is -2.32. The third-order valence-corrected chi connectivity index (χ3v) is 4.24. The van der Waals surface area contributed by atoms with E-state index in [1.54, 1.807) is 5.48 Å². The summed E-state index contributed by atoms with van der Waals surface area (Å²) in [5.74, 6) is -0.519. The van der Waals surface area contributed by atoms with Crippen LogP contribution in [0.5, 0.6) is 0 Å². The van der Waals surface area contributed by atoms with E-state index in [4.69, 9.17) is 5.21 Å². The van der Waals surface area contributed by atoms with Gasteiger partial charge in [0.1, 0.15) is 0 Å². The SMILES string of the molecule is CC1=C(/C=C/C(C)=C/C=C/C(C)=C/C(=O)NO)C(C)(C)CCC1. The van der Waals surface area contributed by atoms with Gasteiger partial charge in [-0.05, 0) is 56.6 Å². The van der Waals surface area contributed by atoms with Gasteiger partial charge in [-0.15, -0.1) is 0 Å². The number of hydrogen-bond acceptors (Lipinski definition) is 2. The molecule has 0 heterocycles. The van der Waals surface area contributed by atoms with E-state index in [-0.39, 0.29) is 5.41 Å². The van der Waals surface area contributed by atoms with Crippen LogP contribution in [-0.2, 0) is 4.79 Å². The fourth-order valence-electron chi connectivity index (χ4n) is 2.92. The standard InChI is InChI=1S/C20H29NO2/c1-15(8-6-9-16(2)14-19(22)21-23)11-12-18-17(3)10-7-13-20(18,4)5/h6,8-9,11-12,14,23H,7,10,13H2,1-5H3,(H,21,22)/b9-6+,12-11+,15-8+,16-14+. The summed E-state index contributed by atoms with van der Waals surface area (Å²) in [7, 11) is 0. The van der Waals surface area contributed by atoms with E-state index in [0.29, 0.717) is 0 Å². The summed E-state index contributed by atoms with van der Waals surface area (Å²) >= 11 is 0. The van der Waals surface area contributed by atoms with Crippen molar-refractivity contribution < 1.29 is 10.0 Å². The normalized spacial score (nSPS) is 19.7. The Bertz CT molecular complexity index is 587. The van der Waals surface area contributed by atoms with Crippen LogP contribution in [0.25, 0.3) is 0 Å². The Morgan fingerprint density at radius 1 is 1.22 bits per heavy atom. The van der Waals surface area contributed by atoms with Crippen molar-refractivity contribution in [3.05, 3.63) is 58.7 Å². The molecule has 0 fully saturated rings. The number of hydroxylamine groups is 1. The highest BCUT2D eigenvalue weighted by atomic mass is 16.5. The van der Waals surface area contributed by atoms with Crippen LogP contribution in [0.1, 0.15) is 53.9 Å². The first kappa shape index (κ1) is 19.2. The maximum atomic E-state index is 11.0. The monoisotopic (exact) mass is 315 g/mol. The van der Waals surface area contributed by atoms with Crippen LogP contribution in [0.15, 0.2) is 58.7 Å². The number of rotatable bonds is 5. The molecule has 0 aliphatic heterocycles. The number of amides is 1. The lowest BCUT2D eigenvalue weighted by atomic mass is 9.72. The van der Waals surface area contributed by atoms with Crippen molar-refractivity contribution >= 4 is 5.91 Å². The van der Waals surface area contributed by atoms with Gasteiger partial charge in [0, 0.05) is 6.08 Å². The molecule has 0 saturated heterocycles. The molecule has 0 atom stereocenters. The molecular formula is C20H29NO2. The molecule has 0 spiro atoms. The maximum Gasteiger partial charge on any atom is 0.267 e. The minimum atomic E-state index is -0.519.